The zero-order valence-electron chi connectivity index (χ0n) is 21.5. The number of anilines is 3. The monoisotopic (exact) mass is 494 g/mol. The van der Waals surface area contributed by atoms with E-state index in [2.05, 4.69) is 44.8 Å². The molecule has 1 amide bonds. The standard InChI is InChI=1S/C30H34N6O/c1-35(2)30-33-27-11-7-6-10-26(27)28(34-30)31-20-22-12-14-25(15-13-22)32-29(37)24-16-18-36(19-17-24)21-23-8-4-3-5-9-23/h3-15,24H,16-21H2,1-2H3,(H,32,37)(H,31,33,34). The summed E-state index contributed by atoms with van der Waals surface area (Å²) < 4.78 is 0. The number of para-hydroxylation sites is 1. The van der Waals surface area contributed by atoms with E-state index < -0.39 is 0 Å². The first-order valence-corrected chi connectivity index (χ1v) is 12.9. The number of amides is 1. The molecule has 37 heavy (non-hydrogen) atoms. The summed E-state index contributed by atoms with van der Waals surface area (Å²) in [4.78, 5) is 26.5. The summed E-state index contributed by atoms with van der Waals surface area (Å²) in [7, 11) is 3.88. The number of fused-ring (bicyclic) bond motifs is 1. The van der Waals surface area contributed by atoms with Crippen LogP contribution in [0.4, 0.5) is 17.5 Å². The Morgan fingerprint density at radius 3 is 2.32 bits per heavy atom. The summed E-state index contributed by atoms with van der Waals surface area (Å²) in [5, 5.41) is 7.57. The van der Waals surface area contributed by atoms with E-state index in [1.165, 1.54) is 5.56 Å². The van der Waals surface area contributed by atoms with Gasteiger partial charge in [0.15, 0.2) is 0 Å². The van der Waals surface area contributed by atoms with Crippen molar-refractivity contribution in [2.45, 2.75) is 25.9 Å². The number of likely N-dealkylation sites (tertiary alicyclic amines) is 1. The lowest BCUT2D eigenvalue weighted by molar-refractivity contribution is -0.121. The van der Waals surface area contributed by atoms with Gasteiger partial charge < -0.3 is 15.5 Å². The lowest BCUT2D eigenvalue weighted by Gasteiger charge is -2.31. The molecule has 1 aromatic heterocycles. The molecule has 0 bridgehead atoms. The molecular formula is C30H34N6O. The van der Waals surface area contributed by atoms with Gasteiger partial charge in [0.1, 0.15) is 5.82 Å². The molecule has 1 aliphatic heterocycles. The first-order valence-electron chi connectivity index (χ1n) is 12.9. The number of piperidine rings is 1. The Morgan fingerprint density at radius 1 is 0.892 bits per heavy atom. The van der Waals surface area contributed by atoms with Crippen molar-refractivity contribution in [1.29, 1.82) is 0 Å². The number of rotatable bonds is 8. The Kier molecular flexibility index (Phi) is 7.61. The Bertz CT molecular complexity index is 1330. The maximum atomic E-state index is 12.9. The SMILES string of the molecule is CN(C)c1nc(NCc2ccc(NC(=O)C3CCN(Cc4ccccc4)CC3)cc2)c2ccccc2n1. The fourth-order valence-electron chi connectivity index (χ4n) is 4.73. The first kappa shape index (κ1) is 24.7. The van der Waals surface area contributed by atoms with Crippen LogP contribution in [0.3, 0.4) is 0 Å². The van der Waals surface area contributed by atoms with Gasteiger partial charge in [-0.05, 0) is 61.3 Å². The Hall–Kier alpha value is -3.97. The predicted molar refractivity (Wildman–Crippen MR) is 151 cm³/mol. The number of hydrogen-bond donors (Lipinski definition) is 2. The minimum Gasteiger partial charge on any atom is -0.365 e. The van der Waals surface area contributed by atoms with E-state index >= 15 is 0 Å². The maximum Gasteiger partial charge on any atom is 0.227 e. The van der Waals surface area contributed by atoms with E-state index in [0.717, 1.165) is 60.4 Å². The molecule has 0 aliphatic carbocycles. The number of nitrogens with one attached hydrogen (secondary N) is 2. The molecule has 3 aromatic carbocycles. The first-order chi connectivity index (χ1) is 18.0. The normalized spacial score (nSPS) is 14.4. The van der Waals surface area contributed by atoms with E-state index in [0.29, 0.717) is 12.5 Å². The average Bonchev–Trinajstić information content (AvgIpc) is 2.93. The van der Waals surface area contributed by atoms with Gasteiger partial charge >= 0.3 is 0 Å². The van der Waals surface area contributed by atoms with Crippen LogP contribution in [0.1, 0.15) is 24.0 Å². The smallest absolute Gasteiger partial charge is 0.227 e. The third-order valence-corrected chi connectivity index (χ3v) is 6.88. The van der Waals surface area contributed by atoms with Crippen molar-refractivity contribution in [1.82, 2.24) is 14.9 Å². The molecule has 0 radical (unpaired) electrons. The van der Waals surface area contributed by atoms with Gasteiger partial charge in [-0.2, -0.15) is 4.98 Å². The third-order valence-electron chi connectivity index (χ3n) is 6.88. The van der Waals surface area contributed by atoms with Crippen LogP contribution >= 0.6 is 0 Å². The van der Waals surface area contributed by atoms with Crippen molar-refractivity contribution in [2.75, 3.05) is 42.7 Å². The van der Waals surface area contributed by atoms with Crippen molar-refractivity contribution in [3.8, 4) is 0 Å². The molecule has 0 saturated carbocycles. The highest BCUT2D eigenvalue weighted by Gasteiger charge is 2.25. The molecule has 2 N–H and O–H groups in total. The lowest BCUT2D eigenvalue weighted by Crippen LogP contribution is -2.37. The number of carbonyl (C=O) groups is 1. The van der Waals surface area contributed by atoms with Gasteiger partial charge in [0, 0.05) is 44.2 Å². The number of nitrogens with zero attached hydrogens (tertiary/aromatic N) is 4. The molecule has 1 saturated heterocycles. The molecule has 4 aromatic rings. The Morgan fingerprint density at radius 2 is 1.59 bits per heavy atom. The number of carbonyl (C=O) groups excluding carboxylic acids is 1. The second kappa shape index (κ2) is 11.4. The summed E-state index contributed by atoms with van der Waals surface area (Å²) in [6, 6.07) is 26.6. The van der Waals surface area contributed by atoms with Crippen LogP contribution in [0.2, 0.25) is 0 Å². The van der Waals surface area contributed by atoms with Gasteiger partial charge in [0.25, 0.3) is 0 Å². The fourth-order valence-corrected chi connectivity index (χ4v) is 4.73. The van der Waals surface area contributed by atoms with Crippen LogP contribution in [0.5, 0.6) is 0 Å². The van der Waals surface area contributed by atoms with E-state index in [9.17, 15) is 4.79 Å². The molecule has 0 spiro atoms. The number of benzene rings is 3. The van der Waals surface area contributed by atoms with Gasteiger partial charge in [0.2, 0.25) is 11.9 Å². The molecule has 2 heterocycles. The van der Waals surface area contributed by atoms with Crippen LogP contribution in [0.15, 0.2) is 78.9 Å². The Labute approximate surface area is 218 Å². The number of hydrogen-bond acceptors (Lipinski definition) is 6. The molecule has 1 aliphatic rings. The molecule has 1 fully saturated rings. The molecular weight excluding hydrogens is 460 g/mol. The van der Waals surface area contributed by atoms with Crippen LogP contribution in [0.25, 0.3) is 10.9 Å². The highest BCUT2D eigenvalue weighted by molar-refractivity contribution is 5.92. The quantitative estimate of drug-likeness (QED) is 0.353. The highest BCUT2D eigenvalue weighted by Crippen LogP contribution is 2.24. The van der Waals surface area contributed by atoms with Crippen LogP contribution in [-0.4, -0.2) is 48.0 Å². The van der Waals surface area contributed by atoms with E-state index in [4.69, 9.17) is 4.98 Å². The van der Waals surface area contributed by atoms with E-state index in [1.807, 2.05) is 73.6 Å². The summed E-state index contributed by atoms with van der Waals surface area (Å²) in [6.07, 6.45) is 1.78. The second-order valence-electron chi connectivity index (χ2n) is 9.86. The minimum absolute atomic E-state index is 0.0605. The van der Waals surface area contributed by atoms with Crippen LogP contribution < -0.4 is 15.5 Å². The topological polar surface area (TPSA) is 73.4 Å². The second-order valence-corrected chi connectivity index (χ2v) is 9.86. The molecule has 5 rings (SSSR count). The summed E-state index contributed by atoms with van der Waals surface area (Å²) in [5.74, 6) is 1.66. The predicted octanol–water partition coefficient (Wildman–Crippen LogP) is 5.16. The van der Waals surface area contributed by atoms with Crippen molar-refractivity contribution in [3.63, 3.8) is 0 Å². The van der Waals surface area contributed by atoms with Gasteiger partial charge in [-0.3, -0.25) is 9.69 Å². The van der Waals surface area contributed by atoms with E-state index in [1.54, 1.807) is 0 Å². The Balaban J connectivity index is 1.14. The molecule has 0 atom stereocenters. The van der Waals surface area contributed by atoms with Crippen LogP contribution in [-0.2, 0) is 17.9 Å². The van der Waals surface area contributed by atoms with Crippen molar-refractivity contribution in [2.24, 2.45) is 5.92 Å². The highest BCUT2D eigenvalue weighted by atomic mass is 16.1. The molecule has 7 nitrogen and oxygen atoms in total. The van der Waals surface area contributed by atoms with Gasteiger partial charge in [-0.1, -0.05) is 54.6 Å². The van der Waals surface area contributed by atoms with Crippen molar-refractivity contribution in [3.05, 3.63) is 90.0 Å². The van der Waals surface area contributed by atoms with E-state index in [-0.39, 0.29) is 11.8 Å². The van der Waals surface area contributed by atoms with Crippen molar-refractivity contribution < 1.29 is 4.79 Å². The summed E-state index contributed by atoms with van der Waals surface area (Å²) in [5.41, 5.74) is 4.18. The third kappa shape index (κ3) is 6.24. The van der Waals surface area contributed by atoms with Gasteiger partial charge in [0.05, 0.1) is 5.52 Å². The molecule has 7 heteroatoms. The molecule has 190 valence electrons. The molecule has 0 unspecified atom stereocenters. The zero-order chi connectivity index (χ0) is 25.6. The summed E-state index contributed by atoms with van der Waals surface area (Å²) >= 11 is 0. The minimum atomic E-state index is 0.0605. The van der Waals surface area contributed by atoms with Gasteiger partial charge in [-0.15, -0.1) is 0 Å². The average molecular weight is 495 g/mol. The fraction of sp³-hybridized carbons (Fsp3) is 0.300. The van der Waals surface area contributed by atoms with Crippen molar-refractivity contribution >= 4 is 34.3 Å². The summed E-state index contributed by atoms with van der Waals surface area (Å²) in [6.45, 7) is 3.48. The van der Waals surface area contributed by atoms with Crippen LogP contribution in [0, 0.1) is 5.92 Å². The van der Waals surface area contributed by atoms with Gasteiger partial charge in [-0.25, -0.2) is 4.98 Å². The maximum absolute atomic E-state index is 12.9. The largest absolute Gasteiger partial charge is 0.365 e. The lowest BCUT2D eigenvalue weighted by atomic mass is 9.95. The number of aromatic nitrogens is 2. The zero-order valence-corrected chi connectivity index (χ0v) is 21.5.